The van der Waals surface area contributed by atoms with E-state index in [2.05, 4.69) is 31.9 Å². The molecule has 0 radical (unpaired) electrons. The van der Waals surface area contributed by atoms with Crippen LogP contribution >= 0.6 is 31.9 Å². The molecule has 3 nitrogen and oxygen atoms in total. The second-order valence-corrected chi connectivity index (χ2v) is 5.21. The molecule has 0 bridgehead atoms. The van der Waals surface area contributed by atoms with Gasteiger partial charge in [0.15, 0.2) is 0 Å². The summed E-state index contributed by atoms with van der Waals surface area (Å²) in [5.41, 5.74) is 0. The first-order valence-corrected chi connectivity index (χ1v) is 5.86. The van der Waals surface area contributed by atoms with Gasteiger partial charge in [0.2, 0.25) is 0 Å². The summed E-state index contributed by atoms with van der Waals surface area (Å²) < 4.78 is 31.1. The fourth-order valence-electron chi connectivity index (χ4n) is 0.675. The molecule has 0 aliphatic rings. The topological polar surface area (TPSA) is 54.4 Å². The molecule has 13 heavy (non-hydrogen) atoms. The van der Waals surface area contributed by atoms with E-state index in [-0.39, 0.29) is 24.4 Å². The molecule has 0 spiro atoms. The molecule has 0 atom stereocenters. The third-order valence-electron chi connectivity index (χ3n) is 1.17. The van der Waals surface area contributed by atoms with Gasteiger partial charge in [-0.15, -0.1) is 0 Å². The first-order chi connectivity index (χ1) is 5.41. The van der Waals surface area contributed by atoms with E-state index in [1.54, 1.807) is 6.07 Å². The minimum atomic E-state index is -4.13. The molecule has 68 valence electrons. The van der Waals surface area contributed by atoms with E-state index in [1.165, 1.54) is 12.1 Å². The second-order valence-electron chi connectivity index (χ2n) is 2.05. The summed E-state index contributed by atoms with van der Waals surface area (Å²) in [6, 6.07) is 4.52. The van der Waals surface area contributed by atoms with Crippen LogP contribution < -0.4 is 0 Å². The Hall–Kier alpha value is 0.713. The van der Waals surface area contributed by atoms with E-state index in [9.17, 15) is 8.42 Å². The Labute approximate surface area is 106 Å². The van der Waals surface area contributed by atoms with Gasteiger partial charge in [0, 0.05) is 28.4 Å². The Balaban J connectivity index is 0.00000144. The van der Waals surface area contributed by atoms with Crippen molar-refractivity contribution in [2.75, 3.05) is 0 Å². The molecule has 0 fully saturated rings. The first kappa shape index (κ1) is 13.7. The van der Waals surface area contributed by atoms with Crippen molar-refractivity contribution in [3.63, 3.8) is 0 Å². The van der Waals surface area contributed by atoms with Crippen molar-refractivity contribution in [3.8, 4) is 0 Å². The van der Waals surface area contributed by atoms with Crippen LogP contribution in [0.5, 0.6) is 0 Å². The Bertz CT molecular complexity index is 404. The molecule has 0 heterocycles. The Morgan fingerprint density at radius 2 is 1.77 bits per heavy atom. The van der Waals surface area contributed by atoms with Crippen LogP contribution in [-0.4, -0.2) is 13.0 Å². The fourth-order valence-corrected chi connectivity index (χ4v) is 2.64. The standard InChI is InChI=1S/C6H4Br2O3S.Zn/c7-4-1-2-5(8)6(3-4)12(9,10)11;/h1-3H,(H,9,10,11);. The van der Waals surface area contributed by atoms with E-state index < -0.39 is 10.1 Å². The SMILES string of the molecule is O=S(=O)(O)c1cc(Br)ccc1Br.[Zn]. The monoisotopic (exact) mass is 378 g/mol. The minimum absolute atomic E-state index is 0. The molecule has 0 saturated carbocycles. The van der Waals surface area contributed by atoms with Gasteiger partial charge in [-0.2, -0.15) is 8.42 Å². The third-order valence-corrected chi connectivity index (χ3v) is 3.51. The van der Waals surface area contributed by atoms with Gasteiger partial charge in [0.05, 0.1) is 0 Å². The molecule has 0 aliphatic heterocycles. The van der Waals surface area contributed by atoms with Crippen LogP contribution in [0.1, 0.15) is 0 Å². The van der Waals surface area contributed by atoms with E-state index >= 15 is 0 Å². The average Bonchev–Trinajstić information content (AvgIpc) is 1.92. The van der Waals surface area contributed by atoms with E-state index in [4.69, 9.17) is 4.55 Å². The molecular formula is C6H4Br2O3SZn. The molecule has 0 amide bonds. The average molecular weight is 381 g/mol. The molecule has 1 aromatic rings. The molecule has 1 aromatic carbocycles. The van der Waals surface area contributed by atoms with Crippen LogP contribution in [0.25, 0.3) is 0 Å². The summed E-state index contributed by atoms with van der Waals surface area (Å²) in [6.45, 7) is 0. The zero-order chi connectivity index (χ0) is 9.35. The fraction of sp³-hybridized carbons (Fsp3) is 0. The maximum absolute atomic E-state index is 10.7. The van der Waals surface area contributed by atoms with Crippen LogP contribution in [0.2, 0.25) is 0 Å². The van der Waals surface area contributed by atoms with Crippen molar-refractivity contribution < 1.29 is 32.4 Å². The normalized spacial score (nSPS) is 10.7. The van der Waals surface area contributed by atoms with Gasteiger partial charge < -0.3 is 0 Å². The molecule has 0 aliphatic carbocycles. The number of hydrogen-bond acceptors (Lipinski definition) is 2. The van der Waals surface area contributed by atoms with Crippen molar-refractivity contribution in [1.29, 1.82) is 0 Å². The second kappa shape index (κ2) is 4.98. The van der Waals surface area contributed by atoms with Gasteiger partial charge in [0.1, 0.15) is 4.90 Å². The number of rotatable bonds is 1. The molecule has 0 saturated heterocycles. The van der Waals surface area contributed by atoms with Crippen LogP contribution in [-0.2, 0) is 29.6 Å². The summed E-state index contributed by atoms with van der Waals surface area (Å²) in [5, 5.41) is 0. The van der Waals surface area contributed by atoms with Gasteiger partial charge >= 0.3 is 0 Å². The molecule has 0 aromatic heterocycles. The van der Waals surface area contributed by atoms with E-state index in [1.807, 2.05) is 0 Å². The van der Waals surface area contributed by atoms with Crippen LogP contribution in [0.4, 0.5) is 0 Å². The maximum Gasteiger partial charge on any atom is 0.295 e. The number of halogens is 2. The summed E-state index contributed by atoms with van der Waals surface area (Å²) >= 11 is 6.10. The predicted octanol–water partition coefficient (Wildman–Crippen LogP) is 2.46. The zero-order valence-corrected chi connectivity index (χ0v) is 13.3. The molecule has 1 N–H and O–H groups in total. The van der Waals surface area contributed by atoms with Gasteiger partial charge in [-0.1, -0.05) is 15.9 Å². The van der Waals surface area contributed by atoms with Crippen LogP contribution in [0.15, 0.2) is 32.0 Å². The van der Waals surface area contributed by atoms with Gasteiger partial charge in [-0.05, 0) is 34.1 Å². The summed E-state index contributed by atoms with van der Waals surface area (Å²) in [6.07, 6.45) is 0. The van der Waals surface area contributed by atoms with Crippen LogP contribution in [0, 0.1) is 0 Å². The van der Waals surface area contributed by atoms with Crippen molar-refractivity contribution >= 4 is 42.0 Å². The molecule has 7 heteroatoms. The summed E-state index contributed by atoms with van der Waals surface area (Å²) in [4.78, 5) is -0.142. The molecule has 1 rings (SSSR count). The smallest absolute Gasteiger partial charge is 0.282 e. The van der Waals surface area contributed by atoms with Gasteiger partial charge in [0.25, 0.3) is 10.1 Å². The Morgan fingerprint density at radius 1 is 1.23 bits per heavy atom. The Morgan fingerprint density at radius 3 is 2.15 bits per heavy atom. The maximum atomic E-state index is 10.7. The molecular weight excluding hydrogens is 377 g/mol. The van der Waals surface area contributed by atoms with E-state index in [0.717, 1.165) is 0 Å². The molecule has 0 unspecified atom stereocenters. The van der Waals surface area contributed by atoms with Crippen LogP contribution in [0.3, 0.4) is 0 Å². The van der Waals surface area contributed by atoms with Crippen molar-refractivity contribution in [2.45, 2.75) is 4.90 Å². The third kappa shape index (κ3) is 3.75. The van der Waals surface area contributed by atoms with Gasteiger partial charge in [-0.3, -0.25) is 4.55 Å². The van der Waals surface area contributed by atoms with E-state index in [0.29, 0.717) is 8.95 Å². The van der Waals surface area contributed by atoms with Crippen molar-refractivity contribution in [1.82, 2.24) is 0 Å². The quantitative estimate of drug-likeness (QED) is 0.601. The van der Waals surface area contributed by atoms with Crippen molar-refractivity contribution in [2.24, 2.45) is 0 Å². The predicted molar refractivity (Wildman–Crippen MR) is 51.7 cm³/mol. The largest absolute Gasteiger partial charge is 0.295 e. The summed E-state index contributed by atoms with van der Waals surface area (Å²) in [5.74, 6) is 0. The van der Waals surface area contributed by atoms with Crippen molar-refractivity contribution in [3.05, 3.63) is 27.1 Å². The number of benzene rings is 1. The minimum Gasteiger partial charge on any atom is -0.282 e. The first-order valence-electron chi connectivity index (χ1n) is 2.84. The Kier molecular flexibility index (Phi) is 5.25. The zero-order valence-electron chi connectivity index (χ0n) is 6.37. The van der Waals surface area contributed by atoms with Gasteiger partial charge in [-0.25, -0.2) is 0 Å². The number of hydrogen-bond donors (Lipinski definition) is 1. The summed E-state index contributed by atoms with van der Waals surface area (Å²) in [7, 11) is -4.13.